The van der Waals surface area contributed by atoms with Crippen LogP contribution in [0.25, 0.3) is 93.3 Å². The van der Waals surface area contributed by atoms with Crippen LogP contribution in [-0.4, -0.2) is 18.5 Å². The van der Waals surface area contributed by atoms with Crippen LogP contribution in [0.15, 0.2) is 158 Å². The minimum Gasteiger partial charge on any atom is -0.309 e. The van der Waals surface area contributed by atoms with Crippen molar-refractivity contribution < 1.29 is 0 Å². The first-order valence-electron chi connectivity index (χ1n) is 16.1. The van der Waals surface area contributed by atoms with Gasteiger partial charge in [0.15, 0.2) is 0 Å². The fourth-order valence-electron chi connectivity index (χ4n) is 8.09. The molecule has 4 aromatic heterocycles. The van der Waals surface area contributed by atoms with E-state index in [0.29, 0.717) is 0 Å². The Morgan fingerprint density at radius 2 is 0.894 bits per heavy atom. The zero-order valence-electron chi connectivity index (χ0n) is 25.3. The van der Waals surface area contributed by atoms with E-state index in [4.69, 9.17) is 4.98 Å². The summed E-state index contributed by atoms with van der Waals surface area (Å²) < 4.78 is 7.22. The van der Waals surface area contributed by atoms with Crippen molar-refractivity contribution in [1.82, 2.24) is 18.5 Å². The van der Waals surface area contributed by atoms with Crippen molar-refractivity contribution in [3.8, 4) is 11.4 Å². The van der Waals surface area contributed by atoms with Gasteiger partial charge < -0.3 is 9.13 Å². The topological polar surface area (TPSA) is 27.2 Å². The number of aromatic nitrogens is 4. The molecule has 4 nitrogen and oxygen atoms in total. The van der Waals surface area contributed by atoms with E-state index in [0.717, 1.165) is 39.0 Å². The average molecular weight is 599 g/mol. The summed E-state index contributed by atoms with van der Waals surface area (Å²) in [5.74, 6) is 0. The third kappa shape index (κ3) is 3.23. The Kier molecular flexibility index (Phi) is 4.81. The Morgan fingerprint density at radius 3 is 1.60 bits per heavy atom. The minimum atomic E-state index is 0.990. The highest BCUT2D eigenvalue weighted by molar-refractivity contribution is 6.27. The van der Waals surface area contributed by atoms with E-state index < -0.39 is 0 Å². The molecule has 0 atom stereocenters. The lowest BCUT2D eigenvalue weighted by atomic mass is 10.0. The van der Waals surface area contributed by atoms with Gasteiger partial charge in [-0.15, -0.1) is 0 Å². The fraction of sp³-hybridized carbons (Fsp3) is 0. The van der Waals surface area contributed by atoms with Gasteiger partial charge in [0.05, 0.1) is 38.6 Å². The lowest BCUT2D eigenvalue weighted by Gasteiger charge is -2.15. The maximum absolute atomic E-state index is 5.14. The summed E-state index contributed by atoms with van der Waals surface area (Å²) in [4.78, 5) is 5.14. The molecule has 11 aromatic rings. The highest BCUT2D eigenvalue weighted by Gasteiger charge is 2.21. The van der Waals surface area contributed by atoms with Crippen molar-refractivity contribution >= 4 is 82.0 Å². The van der Waals surface area contributed by atoms with Crippen molar-refractivity contribution in [2.75, 3.05) is 0 Å². The molecule has 0 saturated carbocycles. The molecule has 0 spiro atoms. The van der Waals surface area contributed by atoms with Crippen LogP contribution in [0.3, 0.4) is 0 Å². The van der Waals surface area contributed by atoms with Gasteiger partial charge in [0.25, 0.3) is 0 Å². The number of fused-ring (bicyclic) bond motifs is 15. The predicted molar refractivity (Wildman–Crippen MR) is 196 cm³/mol. The first kappa shape index (κ1) is 24.9. The number of rotatable bonds is 2. The van der Waals surface area contributed by atoms with E-state index in [1.807, 2.05) is 0 Å². The van der Waals surface area contributed by atoms with E-state index in [-0.39, 0.29) is 0 Å². The third-order valence-corrected chi connectivity index (χ3v) is 9.98. The second-order valence-corrected chi connectivity index (χ2v) is 12.4. The number of hydrogen-bond acceptors (Lipinski definition) is 1. The number of nitrogens with zero attached hydrogens (tertiary/aromatic N) is 4. The number of benzene rings is 7. The van der Waals surface area contributed by atoms with Gasteiger partial charge in [-0.3, -0.25) is 4.40 Å². The Labute approximate surface area is 268 Å². The van der Waals surface area contributed by atoms with Gasteiger partial charge in [-0.05, 0) is 60.0 Å². The van der Waals surface area contributed by atoms with Gasteiger partial charge >= 0.3 is 0 Å². The Morgan fingerprint density at radius 1 is 0.362 bits per heavy atom. The molecule has 4 heterocycles. The van der Waals surface area contributed by atoms with E-state index in [1.165, 1.54) is 54.4 Å². The molecule has 7 aromatic carbocycles. The fourth-order valence-corrected chi connectivity index (χ4v) is 8.09. The molecule has 0 bridgehead atoms. The van der Waals surface area contributed by atoms with E-state index in [1.54, 1.807) is 0 Å². The van der Waals surface area contributed by atoms with Crippen molar-refractivity contribution in [2.45, 2.75) is 0 Å². The van der Waals surface area contributed by atoms with Crippen LogP contribution < -0.4 is 0 Å². The van der Waals surface area contributed by atoms with Crippen LogP contribution in [0.2, 0.25) is 0 Å². The summed E-state index contributed by atoms with van der Waals surface area (Å²) in [6.07, 6.45) is 0. The Balaban J connectivity index is 1.32. The predicted octanol–water partition coefficient (Wildman–Crippen LogP) is 11.0. The first-order valence-corrected chi connectivity index (χ1v) is 16.1. The molecule has 0 amide bonds. The molecule has 218 valence electrons. The Bertz CT molecular complexity index is 3030. The van der Waals surface area contributed by atoms with E-state index >= 15 is 0 Å². The largest absolute Gasteiger partial charge is 0.309 e. The highest BCUT2D eigenvalue weighted by Crippen LogP contribution is 2.42. The molecule has 11 rings (SSSR count). The van der Waals surface area contributed by atoms with Gasteiger partial charge in [0.1, 0.15) is 5.65 Å². The van der Waals surface area contributed by atoms with Crippen molar-refractivity contribution in [2.24, 2.45) is 0 Å². The summed E-state index contributed by atoms with van der Waals surface area (Å²) in [5.41, 5.74) is 11.3. The van der Waals surface area contributed by atoms with Crippen LogP contribution in [0.5, 0.6) is 0 Å². The Hall–Kier alpha value is -6.39. The number of imidazole rings is 1. The third-order valence-electron chi connectivity index (χ3n) is 9.98. The van der Waals surface area contributed by atoms with Crippen LogP contribution in [-0.2, 0) is 0 Å². The maximum Gasteiger partial charge on any atom is 0.146 e. The van der Waals surface area contributed by atoms with Gasteiger partial charge in [0.2, 0.25) is 0 Å². The molecule has 0 unspecified atom stereocenters. The highest BCUT2D eigenvalue weighted by atomic mass is 15.0. The molecule has 0 N–H and O–H groups in total. The maximum atomic E-state index is 5.14. The van der Waals surface area contributed by atoms with Crippen LogP contribution >= 0.6 is 0 Å². The first-order chi connectivity index (χ1) is 23.3. The monoisotopic (exact) mass is 598 g/mol. The lowest BCUT2D eigenvalue weighted by molar-refractivity contribution is 1.14. The molecule has 0 aliphatic rings. The van der Waals surface area contributed by atoms with Crippen LogP contribution in [0.1, 0.15) is 0 Å². The molecule has 0 aliphatic heterocycles. The standard InChI is InChI=1S/C43H26N4/c1-2-18-34-32(17-1)41-40(47-39-23-10-6-19-35(39)44-43(34)47)25-24-33-31-16-5-9-22-38(31)46(42(33)41)28-13-11-12-27(26-28)45-36-20-7-3-14-29(36)30-15-4-8-21-37(30)45/h1-26H. The van der Waals surface area contributed by atoms with Gasteiger partial charge in [-0.25, -0.2) is 4.98 Å². The van der Waals surface area contributed by atoms with Crippen molar-refractivity contribution in [3.63, 3.8) is 0 Å². The number of para-hydroxylation sites is 5. The molecule has 47 heavy (non-hydrogen) atoms. The molecule has 0 aliphatic carbocycles. The minimum absolute atomic E-state index is 0.990. The summed E-state index contributed by atoms with van der Waals surface area (Å²) >= 11 is 0. The van der Waals surface area contributed by atoms with E-state index in [9.17, 15) is 0 Å². The van der Waals surface area contributed by atoms with Crippen molar-refractivity contribution in [3.05, 3.63) is 158 Å². The summed E-state index contributed by atoms with van der Waals surface area (Å²) in [6, 6.07) is 57.0. The zero-order chi connectivity index (χ0) is 30.6. The number of pyridine rings is 1. The average Bonchev–Trinajstić information content (AvgIpc) is 3.80. The molecule has 4 heteroatoms. The van der Waals surface area contributed by atoms with Crippen LogP contribution in [0.4, 0.5) is 0 Å². The van der Waals surface area contributed by atoms with Gasteiger partial charge in [-0.2, -0.15) is 0 Å². The molecule has 0 saturated heterocycles. The second kappa shape index (κ2) is 9.09. The summed E-state index contributed by atoms with van der Waals surface area (Å²) in [6.45, 7) is 0. The van der Waals surface area contributed by atoms with Crippen LogP contribution in [0, 0.1) is 0 Å². The van der Waals surface area contributed by atoms with Crippen molar-refractivity contribution in [1.29, 1.82) is 0 Å². The zero-order valence-corrected chi connectivity index (χ0v) is 25.3. The quantitative estimate of drug-likeness (QED) is 0.182. The summed E-state index contributed by atoms with van der Waals surface area (Å²) in [5, 5.41) is 8.60. The second-order valence-electron chi connectivity index (χ2n) is 12.4. The normalized spacial score (nSPS) is 12.3. The smallest absolute Gasteiger partial charge is 0.146 e. The van der Waals surface area contributed by atoms with Gasteiger partial charge in [0, 0.05) is 43.7 Å². The molecule has 0 radical (unpaired) electrons. The SMILES string of the molecule is c1cc(-n2c3ccccc3c3ccccc32)cc(-n2c3ccccc3c3ccc4c(c5ccccc5c5nc6ccccc6n45)c32)c1. The lowest BCUT2D eigenvalue weighted by Crippen LogP contribution is -2.00. The van der Waals surface area contributed by atoms with Gasteiger partial charge in [-0.1, -0.05) is 103 Å². The molecule has 0 fully saturated rings. The van der Waals surface area contributed by atoms with E-state index in [2.05, 4.69) is 171 Å². The number of hydrogen-bond donors (Lipinski definition) is 0. The summed E-state index contributed by atoms with van der Waals surface area (Å²) in [7, 11) is 0. The molecular weight excluding hydrogens is 573 g/mol. The molecular formula is C43H26N4.